The Bertz CT molecular complexity index is 1990. The lowest BCUT2D eigenvalue weighted by Gasteiger charge is -2.25. The third-order valence-corrected chi connectivity index (χ3v) is 8.93. The maximum atomic E-state index is 12.9. The number of nitrogens with zero attached hydrogens (tertiary/aromatic N) is 1. The van der Waals surface area contributed by atoms with Gasteiger partial charge in [0.15, 0.2) is 6.40 Å². The fourth-order valence-corrected chi connectivity index (χ4v) is 5.67. The molecule has 0 aromatic heterocycles. The highest BCUT2D eigenvalue weighted by Crippen LogP contribution is 2.31. The predicted octanol–water partition coefficient (Wildman–Crippen LogP) is 9.41. The minimum Gasteiger partial charge on any atom is -0.483 e. The fourth-order valence-electron chi connectivity index (χ4n) is 5.67. The molecule has 8 nitrogen and oxygen atoms in total. The van der Waals surface area contributed by atoms with Gasteiger partial charge in [0, 0.05) is 34.4 Å². The van der Waals surface area contributed by atoms with E-state index in [9.17, 15) is 14.4 Å². The number of aliphatic imine (C=N–C) groups is 1. The van der Waals surface area contributed by atoms with Gasteiger partial charge < -0.3 is 19.5 Å². The summed E-state index contributed by atoms with van der Waals surface area (Å²) in [6.07, 6.45) is 8.15. The smallest absolute Gasteiger partial charge is 0.314 e. The zero-order valence-corrected chi connectivity index (χ0v) is 30.9. The Hall–Kier alpha value is -6.12. The number of amides is 1. The first-order valence-electron chi connectivity index (χ1n) is 18.7. The molecule has 1 amide bonds. The molecule has 0 spiro atoms. The van der Waals surface area contributed by atoms with E-state index in [2.05, 4.69) is 47.8 Å². The van der Waals surface area contributed by atoms with E-state index < -0.39 is 0 Å². The van der Waals surface area contributed by atoms with Crippen molar-refractivity contribution in [3.05, 3.63) is 119 Å². The maximum Gasteiger partial charge on any atom is 0.314 e. The topological polar surface area (TPSA) is 103 Å². The predicted molar refractivity (Wildman–Crippen MR) is 212 cm³/mol. The number of unbranched alkanes of at least 4 members (excludes halogenated alkanes) is 2. The molecule has 1 aliphatic carbocycles. The molecule has 0 unspecified atom stereocenters. The third-order valence-electron chi connectivity index (χ3n) is 8.93. The molecule has 0 saturated heterocycles. The fraction of sp³-hybridized carbons (Fsp3) is 0.304. The normalized spacial score (nSPS) is 14.9. The van der Waals surface area contributed by atoms with Crippen LogP contribution in [0, 0.1) is 35.5 Å². The first-order chi connectivity index (χ1) is 26.4. The Labute approximate surface area is 318 Å². The molecule has 4 aromatic rings. The van der Waals surface area contributed by atoms with Gasteiger partial charge in [-0.3, -0.25) is 14.4 Å². The minimum atomic E-state index is -0.295. The first-order valence-corrected chi connectivity index (χ1v) is 18.7. The van der Waals surface area contributed by atoms with Gasteiger partial charge in [-0.15, -0.1) is 0 Å². The quantitative estimate of drug-likeness (QED) is 0.0369. The molecule has 4 aromatic carbocycles. The second-order valence-corrected chi connectivity index (χ2v) is 13.2. The molecule has 5 rings (SSSR count). The molecule has 0 radical (unpaired) electrons. The van der Waals surface area contributed by atoms with Gasteiger partial charge in [-0.2, -0.15) is 0 Å². The van der Waals surface area contributed by atoms with Gasteiger partial charge in [-0.1, -0.05) is 50.4 Å². The van der Waals surface area contributed by atoms with Crippen LogP contribution in [-0.4, -0.2) is 30.9 Å². The van der Waals surface area contributed by atoms with E-state index in [1.165, 1.54) is 6.40 Å². The Kier molecular flexibility index (Phi) is 15.1. The largest absolute Gasteiger partial charge is 0.483 e. The molecule has 0 aliphatic heterocycles. The van der Waals surface area contributed by atoms with Crippen LogP contribution >= 0.6 is 0 Å². The highest BCUT2D eigenvalue weighted by atomic mass is 16.5. The number of nitrogens with one attached hydrogen (secondary N) is 1. The van der Waals surface area contributed by atoms with Crippen molar-refractivity contribution in [3.8, 4) is 35.2 Å². The summed E-state index contributed by atoms with van der Waals surface area (Å²) in [6, 6.07) is 29.2. The van der Waals surface area contributed by atoms with Gasteiger partial charge in [0.05, 0.1) is 24.1 Å². The monoisotopic (exact) mass is 722 g/mol. The van der Waals surface area contributed by atoms with Gasteiger partial charge >= 0.3 is 11.9 Å². The van der Waals surface area contributed by atoms with E-state index in [-0.39, 0.29) is 29.7 Å². The lowest BCUT2D eigenvalue weighted by atomic mass is 9.82. The number of benzene rings is 4. The standard InChI is InChI=1S/C46H46N2O6/c1-3-5-7-44(49)48-41-26-14-35(15-27-41)9-11-37-18-30-43(31-19-37)54-46(51)39-22-20-38(21-23-39)45(50)53-42-28-16-36(17-29-42)10-8-34-12-24-40(25-13-34)47-33-52-32-6-4-2/h12-19,24-31,33,38-39H,3-7,20-23,32H2,1-2H3,(H,48,49). The summed E-state index contributed by atoms with van der Waals surface area (Å²) in [5.41, 5.74) is 4.82. The maximum absolute atomic E-state index is 12.9. The van der Waals surface area contributed by atoms with Crippen molar-refractivity contribution in [2.24, 2.45) is 16.8 Å². The number of carbonyl (C=O) groups is 3. The van der Waals surface area contributed by atoms with Gasteiger partial charge in [0.2, 0.25) is 5.91 Å². The van der Waals surface area contributed by atoms with Crippen LogP contribution < -0.4 is 14.8 Å². The van der Waals surface area contributed by atoms with Crippen LogP contribution in [0.4, 0.5) is 11.4 Å². The Morgan fingerprint density at radius 2 is 1.06 bits per heavy atom. The second kappa shape index (κ2) is 20.8. The van der Waals surface area contributed by atoms with Gasteiger partial charge in [-0.25, -0.2) is 4.99 Å². The summed E-state index contributed by atoms with van der Waals surface area (Å²) >= 11 is 0. The van der Waals surface area contributed by atoms with Crippen molar-refractivity contribution in [2.45, 2.75) is 71.6 Å². The number of anilines is 1. The third kappa shape index (κ3) is 12.8. The minimum absolute atomic E-state index is 0.0142. The van der Waals surface area contributed by atoms with Crippen molar-refractivity contribution in [1.29, 1.82) is 0 Å². The van der Waals surface area contributed by atoms with E-state index >= 15 is 0 Å². The average Bonchev–Trinajstić information content (AvgIpc) is 3.20. The summed E-state index contributed by atoms with van der Waals surface area (Å²) in [4.78, 5) is 42.1. The summed E-state index contributed by atoms with van der Waals surface area (Å²) in [6.45, 7) is 4.84. The van der Waals surface area contributed by atoms with E-state index in [0.717, 1.165) is 59.3 Å². The van der Waals surface area contributed by atoms with Crippen LogP contribution in [0.2, 0.25) is 0 Å². The molecule has 54 heavy (non-hydrogen) atoms. The summed E-state index contributed by atoms with van der Waals surface area (Å²) in [5.74, 6) is 12.3. The molecular weight excluding hydrogens is 677 g/mol. The number of carbonyl (C=O) groups excluding carboxylic acids is 3. The van der Waals surface area contributed by atoms with E-state index in [1.54, 1.807) is 24.3 Å². The number of rotatable bonds is 13. The van der Waals surface area contributed by atoms with Crippen LogP contribution in [0.5, 0.6) is 11.5 Å². The Balaban J connectivity index is 1.02. The summed E-state index contributed by atoms with van der Waals surface area (Å²) in [7, 11) is 0. The first kappa shape index (κ1) is 39.1. The second-order valence-electron chi connectivity index (χ2n) is 13.2. The number of hydrogen-bond donors (Lipinski definition) is 1. The van der Waals surface area contributed by atoms with Crippen molar-refractivity contribution in [1.82, 2.24) is 0 Å². The molecule has 8 heteroatoms. The number of hydrogen-bond acceptors (Lipinski definition) is 7. The highest BCUT2D eigenvalue weighted by Gasteiger charge is 2.32. The molecule has 276 valence electrons. The Morgan fingerprint density at radius 3 is 1.50 bits per heavy atom. The van der Waals surface area contributed by atoms with Gasteiger partial charge in [0.25, 0.3) is 0 Å². The molecule has 1 saturated carbocycles. The summed E-state index contributed by atoms with van der Waals surface area (Å²) < 4.78 is 16.7. The summed E-state index contributed by atoms with van der Waals surface area (Å²) in [5, 5.41) is 2.90. The van der Waals surface area contributed by atoms with Crippen LogP contribution in [0.15, 0.2) is 102 Å². The zero-order valence-electron chi connectivity index (χ0n) is 30.9. The van der Waals surface area contributed by atoms with Crippen molar-refractivity contribution < 1.29 is 28.6 Å². The zero-order chi connectivity index (χ0) is 38.0. The van der Waals surface area contributed by atoms with E-state index in [0.29, 0.717) is 50.2 Å². The van der Waals surface area contributed by atoms with Crippen LogP contribution in [-0.2, 0) is 19.1 Å². The lowest BCUT2D eigenvalue weighted by Crippen LogP contribution is -2.30. The highest BCUT2D eigenvalue weighted by molar-refractivity contribution is 5.90. The van der Waals surface area contributed by atoms with E-state index in [1.807, 2.05) is 72.8 Å². The van der Waals surface area contributed by atoms with Crippen molar-refractivity contribution in [3.63, 3.8) is 0 Å². The molecule has 1 N–H and O–H groups in total. The molecule has 0 heterocycles. The van der Waals surface area contributed by atoms with E-state index in [4.69, 9.17) is 14.2 Å². The van der Waals surface area contributed by atoms with Crippen LogP contribution in [0.3, 0.4) is 0 Å². The van der Waals surface area contributed by atoms with Gasteiger partial charge in [-0.05, 0) is 136 Å². The SMILES string of the molecule is CCCCOC=Nc1ccc(C#Cc2ccc(OC(=O)C3CCC(C(=O)Oc4ccc(C#Cc5ccc(NC(=O)CCCC)cc5)cc4)CC3)cc2)cc1. The van der Waals surface area contributed by atoms with Gasteiger partial charge in [0.1, 0.15) is 11.5 Å². The average molecular weight is 723 g/mol. The van der Waals surface area contributed by atoms with Crippen molar-refractivity contribution >= 4 is 35.6 Å². The Morgan fingerprint density at radius 1 is 0.630 bits per heavy atom. The number of ether oxygens (including phenoxy) is 3. The molecular formula is C46H46N2O6. The van der Waals surface area contributed by atoms with Crippen LogP contribution in [0.1, 0.15) is 93.9 Å². The lowest BCUT2D eigenvalue weighted by molar-refractivity contribution is -0.145. The number of esters is 2. The molecule has 0 atom stereocenters. The molecule has 1 aliphatic rings. The molecule has 1 fully saturated rings. The molecule has 0 bridgehead atoms. The van der Waals surface area contributed by atoms with Crippen LogP contribution in [0.25, 0.3) is 0 Å². The van der Waals surface area contributed by atoms with Crippen molar-refractivity contribution in [2.75, 3.05) is 11.9 Å².